The Kier molecular flexibility index (Phi) is 6.52. The van der Waals surface area contributed by atoms with Crippen molar-refractivity contribution in [1.29, 1.82) is 0 Å². The number of para-hydroxylation sites is 2. The highest BCUT2D eigenvalue weighted by atomic mass is 16.5. The van der Waals surface area contributed by atoms with Crippen LogP contribution < -0.4 is 9.47 Å². The predicted molar refractivity (Wildman–Crippen MR) is 133 cm³/mol. The third-order valence-electron chi connectivity index (χ3n) is 6.18. The van der Waals surface area contributed by atoms with E-state index in [0.29, 0.717) is 29.0 Å². The number of carbonyl (C=O) groups is 2. The van der Waals surface area contributed by atoms with Crippen LogP contribution >= 0.6 is 0 Å². The van der Waals surface area contributed by atoms with Gasteiger partial charge in [0.1, 0.15) is 23.4 Å². The van der Waals surface area contributed by atoms with Crippen LogP contribution in [0.15, 0.2) is 103 Å². The van der Waals surface area contributed by atoms with Gasteiger partial charge in [-0.05, 0) is 47.5 Å². The molecule has 0 saturated heterocycles. The fraction of sp³-hybridized carbons (Fsp3) is 0.133. The van der Waals surface area contributed by atoms with Crippen LogP contribution in [0.2, 0.25) is 0 Å². The summed E-state index contributed by atoms with van der Waals surface area (Å²) in [6, 6.07) is 30.3. The molecule has 0 aliphatic carbocycles. The van der Waals surface area contributed by atoms with Crippen LogP contribution in [0.25, 0.3) is 0 Å². The number of phenols is 1. The van der Waals surface area contributed by atoms with E-state index in [2.05, 4.69) is 0 Å². The minimum atomic E-state index is -1.15. The SMILES string of the molecule is O=C1CC(c2ccc(O)cc2)Oc2ccccc21.O=C1c2ccccc2OC(c2ccccc2)C1O. The van der Waals surface area contributed by atoms with Crippen molar-refractivity contribution in [2.24, 2.45) is 0 Å². The molecule has 2 aliphatic heterocycles. The monoisotopic (exact) mass is 480 g/mol. The van der Waals surface area contributed by atoms with Gasteiger partial charge >= 0.3 is 0 Å². The Labute approximate surface area is 208 Å². The molecule has 0 radical (unpaired) electrons. The van der Waals surface area contributed by atoms with E-state index < -0.39 is 12.2 Å². The van der Waals surface area contributed by atoms with Crippen LogP contribution in [0.5, 0.6) is 17.2 Å². The van der Waals surface area contributed by atoms with Gasteiger partial charge in [-0.15, -0.1) is 0 Å². The summed E-state index contributed by atoms with van der Waals surface area (Å²) >= 11 is 0. The number of carbonyl (C=O) groups excluding carboxylic acids is 2. The van der Waals surface area contributed by atoms with Crippen LogP contribution in [0.1, 0.15) is 50.5 Å². The van der Waals surface area contributed by atoms with E-state index in [9.17, 15) is 19.8 Å². The highest BCUT2D eigenvalue weighted by Crippen LogP contribution is 2.36. The molecule has 2 aliphatic rings. The fourth-order valence-electron chi connectivity index (χ4n) is 4.31. The van der Waals surface area contributed by atoms with E-state index in [1.807, 2.05) is 48.5 Å². The number of fused-ring (bicyclic) bond motifs is 2. The normalized spacial score (nSPS) is 20.1. The molecule has 180 valence electrons. The number of hydrogen-bond acceptors (Lipinski definition) is 6. The lowest BCUT2D eigenvalue weighted by atomic mass is 9.94. The third-order valence-corrected chi connectivity index (χ3v) is 6.18. The second-order valence-corrected chi connectivity index (χ2v) is 8.58. The van der Waals surface area contributed by atoms with Gasteiger partial charge < -0.3 is 19.7 Å². The molecule has 6 heteroatoms. The Balaban J connectivity index is 0.000000148. The van der Waals surface area contributed by atoms with Gasteiger partial charge in [0.05, 0.1) is 17.5 Å². The molecular weight excluding hydrogens is 456 g/mol. The largest absolute Gasteiger partial charge is 0.508 e. The first kappa shape index (κ1) is 23.3. The summed E-state index contributed by atoms with van der Waals surface area (Å²) in [5, 5.41) is 19.3. The molecule has 0 bridgehead atoms. The Morgan fingerprint density at radius 3 is 1.92 bits per heavy atom. The topological polar surface area (TPSA) is 93.1 Å². The van der Waals surface area contributed by atoms with Gasteiger partial charge in [0.2, 0.25) is 0 Å². The number of benzene rings is 4. The van der Waals surface area contributed by atoms with Crippen LogP contribution in [0, 0.1) is 0 Å². The molecule has 3 atom stereocenters. The molecule has 6 nitrogen and oxygen atoms in total. The van der Waals surface area contributed by atoms with E-state index >= 15 is 0 Å². The van der Waals surface area contributed by atoms with Crippen LogP contribution in [-0.4, -0.2) is 27.9 Å². The van der Waals surface area contributed by atoms with Crippen molar-refractivity contribution < 1.29 is 29.3 Å². The smallest absolute Gasteiger partial charge is 0.199 e. The fourth-order valence-corrected chi connectivity index (χ4v) is 4.31. The zero-order valence-corrected chi connectivity index (χ0v) is 19.3. The van der Waals surface area contributed by atoms with E-state index in [4.69, 9.17) is 9.47 Å². The van der Waals surface area contributed by atoms with Crippen LogP contribution in [0.4, 0.5) is 0 Å². The Hall–Kier alpha value is -4.42. The molecule has 0 aromatic heterocycles. The maximum Gasteiger partial charge on any atom is 0.199 e. The van der Waals surface area contributed by atoms with Crippen molar-refractivity contribution in [3.05, 3.63) is 125 Å². The van der Waals surface area contributed by atoms with Gasteiger partial charge in [0.25, 0.3) is 0 Å². The molecule has 4 aromatic carbocycles. The number of Topliss-reactive ketones (excluding diaryl/α,β-unsaturated/α-hetero) is 2. The zero-order valence-electron chi connectivity index (χ0n) is 19.3. The third kappa shape index (κ3) is 4.72. The molecule has 4 aromatic rings. The van der Waals surface area contributed by atoms with Crippen molar-refractivity contribution in [1.82, 2.24) is 0 Å². The Bertz CT molecular complexity index is 1380. The van der Waals surface area contributed by atoms with Gasteiger partial charge in [-0.1, -0.05) is 66.7 Å². The summed E-state index contributed by atoms with van der Waals surface area (Å²) in [6.45, 7) is 0. The summed E-state index contributed by atoms with van der Waals surface area (Å²) in [5.41, 5.74) is 2.79. The lowest BCUT2D eigenvalue weighted by Crippen LogP contribution is -2.36. The summed E-state index contributed by atoms with van der Waals surface area (Å²) < 4.78 is 11.6. The van der Waals surface area contributed by atoms with Crippen molar-refractivity contribution in [3.8, 4) is 17.2 Å². The van der Waals surface area contributed by atoms with Gasteiger partial charge in [0.15, 0.2) is 23.8 Å². The minimum Gasteiger partial charge on any atom is -0.508 e. The molecule has 0 spiro atoms. The van der Waals surface area contributed by atoms with Crippen molar-refractivity contribution in [2.75, 3.05) is 0 Å². The molecule has 3 unspecified atom stereocenters. The number of aliphatic hydroxyl groups excluding tert-OH is 1. The van der Waals surface area contributed by atoms with Gasteiger partial charge in [-0.3, -0.25) is 9.59 Å². The lowest BCUT2D eigenvalue weighted by molar-refractivity contribution is 0.0216. The predicted octanol–water partition coefficient (Wildman–Crippen LogP) is 5.46. The van der Waals surface area contributed by atoms with Crippen molar-refractivity contribution in [3.63, 3.8) is 0 Å². The van der Waals surface area contributed by atoms with E-state index in [0.717, 1.165) is 11.1 Å². The average molecular weight is 481 g/mol. The maximum absolute atomic E-state index is 12.1. The number of ketones is 2. The number of rotatable bonds is 2. The lowest BCUT2D eigenvalue weighted by Gasteiger charge is -2.29. The quantitative estimate of drug-likeness (QED) is 0.396. The van der Waals surface area contributed by atoms with Crippen molar-refractivity contribution >= 4 is 11.6 Å². The Morgan fingerprint density at radius 2 is 1.22 bits per heavy atom. The number of ether oxygens (including phenoxy) is 2. The first-order valence-corrected chi connectivity index (χ1v) is 11.6. The second-order valence-electron chi connectivity index (χ2n) is 8.58. The highest BCUT2D eigenvalue weighted by Gasteiger charge is 2.36. The first-order valence-electron chi connectivity index (χ1n) is 11.6. The van der Waals surface area contributed by atoms with Gasteiger partial charge in [0, 0.05) is 0 Å². The molecule has 0 amide bonds. The van der Waals surface area contributed by atoms with Crippen LogP contribution in [-0.2, 0) is 0 Å². The number of aliphatic hydroxyl groups is 1. The zero-order chi connectivity index (χ0) is 25.1. The van der Waals surface area contributed by atoms with Crippen molar-refractivity contribution in [2.45, 2.75) is 24.7 Å². The maximum atomic E-state index is 12.1. The summed E-state index contributed by atoms with van der Waals surface area (Å²) in [4.78, 5) is 24.1. The average Bonchev–Trinajstić information content (AvgIpc) is 2.92. The van der Waals surface area contributed by atoms with E-state index in [1.54, 1.807) is 54.6 Å². The number of aromatic hydroxyl groups is 1. The minimum absolute atomic E-state index is 0.0925. The summed E-state index contributed by atoms with van der Waals surface area (Å²) in [5.74, 6) is 1.18. The molecule has 36 heavy (non-hydrogen) atoms. The first-order chi connectivity index (χ1) is 17.5. The van der Waals surface area contributed by atoms with Crippen LogP contribution in [0.3, 0.4) is 0 Å². The van der Waals surface area contributed by atoms with Gasteiger partial charge in [-0.2, -0.15) is 0 Å². The second kappa shape index (κ2) is 10.1. The number of hydrogen-bond donors (Lipinski definition) is 2. The highest BCUT2D eigenvalue weighted by molar-refractivity contribution is 6.03. The summed E-state index contributed by atoms with van der Waals surface area (Å²) in [6.07, 6.45) is -1.72. The summed E-state index contributed by atoms with van der Waals surface area (Å²) in [7, 11) is 0. The molecule has 0 saturated carbocycles. The molecule has 6 rings (SSSR count). The van der Waals surface area contributed by atoms with Gasteiger partial charge in [-0.25, -0.2) is 0 Å². The Morgan fingerprint density at radius 1 is 0.639 bits per heavy atom. The molecular formula is C30H24O6. The van der Waals surface area contributed by atoms with E-state index in [1.165, 1.54) is 0 Å². The van der Waals surface area contributed by atoms with E-state index in [-0.39, 0.29) is 23.4 Å². The number of phenolic OH excluding ortho intramolecular Hbond substituents is 1. The molecule has 0 fully saturated rings. The molecule has 2 N–H and O–H groups in total. The molecule has 2 heterocycles. The standard InChI is InChI=1S/2C15H12O3/c16-13-11-8-4-5-9-12(11)18-15(14(13)17)10-6-2-1-3-7-10;16-11-7-5-10(6-8-11)15-9-13(17)12-3-1-2-4-14(12)18-15/h1-9,14-15,17H;1-8,15-16H,9H2.